The van der Waals surface area contributed by atoms with Crippen LogP contribution in [-0.2, 0) is 6.42 Å². The van der Waals surface area contributed by atoms with Gasteiger partial charge in [0.2, 0.25) is 6.79 Å². The molecule has 0 bridgehead atoms. The molecular formula is C22H34N2O3. The number of hydrogen-bond acceptors (Lipinski definition) is 5. The lowest BCUT2D eigenvalue weighted by molar-refractivity contribution is 0.0152. The monoisotopic (exact) mass is 374 g/mol. The van der Waals surface area contributed by atoms with Crippen LogP contribution < -0.4 is 9.47 Å². The zero-order chi connectivity index (χ0) is 18.7. The molecule has 150 valence electrons. The summed E-state index contributed by atoms with van der Waals surface area (Å²) in [5, 5.41) is 10.1. The minimum atomic E-state index is 0.126. The number of aliphatic hydroxyl groups is 1. The zero-order valence-electron chi connectivity index (χ0n) is 16.7. The molecule has 0 radical (unpaired) electrons. The summed E-state index contributed by atoms with van der Waals surface area (Å²) >= 11 is 0. The van der Waals surface area contributed by atoms with Crippen LogP contribution in [0.2, 0.25) is 0 Å². The fourth-order valence-corrected chi connectivity index (χ4v) is 4.97. The fourth-order valence-electron chi connectivity index (χ4n) is 4.97. The number of rotatable bonds is 7. The van der Waals surface area contributed by atoms with Crippen molar-refractivity contribution in [1.82, 2.24) is 9.80 Å². The van der Waals surface area contributed by atoms with Gasteiger partial charge in [-0.05, 0) is 81.9 Å². The number of benzene rings is 1. The Morgan fingerprint density at radius 3 is 2.52 bits per heavy atom. The van der Waals surface area contributed by atoms with Gasteiger partial charge < -0.3 is 24.4 Å². The molecule has 0 saturated carbocycles. The van der Waals surface area contributed by atoms with E-state index in [1.54, 1.807) is 0 Å². The van der Waals surface area contributed by atoms with Gasteiger partial charge in [-0.1, -0.05) is 13.0 Å². The molecule has 0 spiro atoms. The number of fused-ring (bicyclic) bond motifs is 1. The molecule has 1 atom stereocenters. The molecule has 0 aliphatic carbocycles. The van der Waals surface area contributed by atoms with Gasteiger partial charge in [0.25, 0.3) is 0 Å². The van der Waals surface area contributed by atoms with E-state index in [9.17, 15) is 5.11 Å². The Hall–Kier alpha value is -1.30. The highest BCUT2D eigenvalue weighted by atomic mass is 16.7. The highest BCUT2D eigenvalue weighted by Gasteiger charge is 2.36. The summed E-state index contributed by atoms with van der Waals surface area (Å²) in [7, 11) is 0. The summed E-state index contributed by atoms with van der Waals surface area (Å²) in [4.78, 5) is 5.16. The Morgan fingerprint density at radius 2 is 1.78 bits per heavy atom. The van der Waals surface area contributed by atoms with Crippen LogP contribution in [0.3, 0.4) is 0 Å². The minimum Gasteiger partial charge on any atom is -0.454 e. The van der Waals surface area contributed by atoms with E-state index in [1.807, 2.05) is 6.07 Å². The molecule has 0 unspecified atom stereocenters. The van der Waals surface area contributed by atoms with E-state index in [1.165, 1.54) is 31.5 Å². The lowest BCUT2D eigenvalue weighted by Crippen LogP contribution is -2.48. The number of ether oxygens (including phenoxy) is 2. The van der Waals surface area contributed by atoms with Crippen LogP contribution in [0.25, 0.3) is 0 Å². The van der Waals surface area contributed by atoms with Gasteiger partial charge in [0, 0.05) is 18.5 Å². The first-order valence-corrected chi connectivity index (χ1v) is 10.6. The maximum Gasteiger partial charge on any atom is 0.231 e. The van der Waals surface area contributed by atoms with Crippen molar-refractivity contribution in [3.63, 3.8) is 0 Å². The van der Waals surface area contributed by atoms with E-state index >= 15 is 0 Å². The quantitative estimate of drug-likeness (QED) is 0.795. The third-order valence-corrected chi connectivity index (χ3v) is 6.60. The van der Waals surface area contributed by atoms with Crippen molar-refractivity contribution in [1.29, 1.82) is 0 Å². The summed E-state index contributed by atoms with van der Waals surface area (Å²) in [6, 6.07) is 6.31. The second-order valence-corrected chi connectivity index (χ2v) is 8.94. The highest BCUT2D eigenvalue weighted by molar-refractivity contribution is 5.44. The number of aliphatic hydroxyl groups excluding tert-OH is 1. The van der Waals surface area contributed by atoms with Crippen molar-refractivity contribution in [2.45, 2.75) is 39.0 Å². The van der Waals surface area contributed by atoms with E-state index < -0.39 is 0 Å². The van der Waals surface area contributed by atoms with Crippen molar-refractivity contribution >= 4 is 0 Å². The molecular weight excluding hydrogens is 340 g/mol. The van der Waals surface area contributed by atoms with Crippen LogP contribution >= 0.6 is 0 Å². The zero-order valence-corrected chi connectivity index (χ0v) is 16.7. The van der Waals surface area contributed by atoms with Crippen LogP contribution in [-0.4, -0.2) is 67.6 Å². The molecule has 27 heavy (non-hydrogen) atoms. The van der Waals surface area contributed by atoms with Crippen molar-refractivity contribution in [2.75, 3.05) is 52.7 Å². The second kappa shape index (κ2) is 8.38. The van der Waals surface area contributed by atoms with Gasteiger partial charge in [-0.3, -0.25) is 0 Å². The average molecular weight is 375 g/mol. The molecule has 5 nitrogen and oxygen atoms in total. The Morgan fingerprint density at radius 1 is 1.04 bits per heavy atom. The largest absolute Gasteiger partial charge is 0.454 e. The molecule has 0 amide bonds. The van der Waals surface area contributed by atoms with Crippen LogP contribution in [0.1, 0.15) is 38.2 Å². The van der Waals surface area contributed by atoms with Crippen LogP contribution in [0, 0.1) is 11.3 Å². The molecule has 0 aromatic heterocycles. The first-order chi connectivity index (χ1) is 13.2. The van der Waals surface area contributed by atoms with Gasteiger partial charge in [0.1, 0.15) is 0 Å². The van der Waals surface area contributed by atoms with Gasteiger partial charge in [0.15, 0.2) is 11.5 Å². The predicted octanol–water partition coefficient (Wildman–Crippen LogP) is 2.76. The van der Waals surface area contributed by atoms with Gasteiger partial charge in [0.05, 0.1) is 6.61 Å². The summed E-state index contributed by atoms with van der Waals surface area (Å²) < 4.78 is 10.9. The molecule has 3 aliphatic rings. The number of hydrogen-bond donors (Lipinski definition) is 1. The van der Waals surface area contributed by atoms with E-state index in [2.05, 4.69) is 28.9 Å². The molecule has 5 heteroatoms. The minimum absolute atomic E-state index is 0.126. The van der Waals surface area contributed by atoms with Crippen molar-refractivity contribution in [2.24, 2.45) is 11.3 Å². The predicted molar refractivity (Wildman–Crippen MR) is 106 cm³/mol. The summed E-state index contributed by atoms with van der Waals surface area (Å²) in [6.45, 7) is 9.89. The van der Waals surface area contributed by atoms with Gasteiger partial charge in [-0.2, -0.15) is 0 Å². The topological polar surface area (TPSA) is 45.2 Å². The number of nitrogens with zero attached hydrogens (tertiary/aromatic N) is 2. The highest BCUT2D eigenvalue weighted by Crippen LogP contribution is 2.35. The molecule has 4 rings (SSSR count). The third kappa shape index (κ3) is 4.58. The van der Waals surface area contributed by atoms with Crippen LogP contribution in [0.4, 0.5) is 0 Å². The Labute approximate surface area is 163 Å². The van der Waals surface area contributed by atoms with Crippen LogP contribution in [0.15, 0.2) is 18.2 Å². The first kappa shape index (κ1) is 19.0. The molecule has 2 saturated heterocycles. The maximum atomic E-state index is 10.1. The van der Waals surface area contributed by atoms with Crippen molar-refractivity contribution < 1.29 is 14.6 Å². The number of piperidine rings is 1. The standard InChI is InChI=1S/C22H34N2O3/c1-18(12-19-4-5-20-21(13-19)27-17-26-20)14-23-10-6-22(16-25,7-11-23)15-24-8-2-3-9-24/h4-5,13,18,25H,2-3,6-12,14-17H2,1H3/t18-/m0/s1. The van der Waals surface area contributed by atoms with E-state index in [0.717, 1.165) is 56.9 Å². The molecule has 3 aliphatic heterocycles. The SMILES string of the molecule is C[C@@H](Cc1ccc2c(c1)OCO2)CN1CCC(CO)(CN2CCCC2)CC1. The fraction of sp³-hybridized carbons (Fsp3) is 0.727. The third-order valence-electron chi connectivity index (χ3n) is 6.60. The summed E-state index contributed by atoms with van der Waals surface area (Å²) in [5.74, 6) is 2.35. The van der Waals surface area contributed by atoms with E-state index in [-0.39, 0.29) is 5.41 Å². The lowest BCUT2D eigenvalue weighted by Gasteiger charge is -2.43. The van der Waals surface area contributed by atoms with E-state index in [4.69, 9.17) is 9.47 Å². The average Bonchev–Trinajstić information content (AvgIpc) is 3.34. The van der Waals surface area contributed by atoms with Gasteiger partial charge >= 0.3 is 0 Å². The smallest absolute Gasteiger partial charge is 0.231 e. The molecule has 3 heterocycles. The second-order valence-electron chi connectivity index (χ2n) is 8.94. The Bertz CT molecular complexity index is 622. The van der Waals surface area contributed by atoms with Crippen LogP contribution in [0.5, 0.6) is 11.5 Å². The molecule has 2 fully saturated rings. The molecule has 1 aromatic carbocycles. The number of likely N-dealkylation sites (tertiary alicyclic amines) is 2. The molecule has 1 N–H and O–H groups in total. The van der Waals surface area contributed by atoms with Crippen molar-refractivity contribution in [3.8, 4) is 11.5 Å². The Kier molecular flexibility index (Phi) is 5.90. The van der Waals surface area contributed by atoms with Gasteiger partial charge in [-0.15, -0.1) is 0 Å². The maximum absolute atomic E-state index is 10.1. The van der Waals surface area contributed by atoms with Gasteiger partial charge in [-0.25, -0.2) is 0 Å². The van der Waals surface area contributed by atoms with E-state index in [0.29, 0.717) is 19.3 Å². The lowest BCUT2D eigenvalue weighted by atomic mass is 9.78. The first-order valence-electron chi connectivity index (χ1n) is 10.6. The van der Waals surface area contributed by atoms with Crippen molar-refractivity contribution in [3.05, 3.63) is 23.8 Å². The molecule has 1 aromatic rings. The normalized spacial score (nSPS) is 23.6. The summed E-state index contributed by atoms with van der Waals surface area (Å²) in [5.41, 5.74) is 1.45. The Balaban J connectivity index is 1.25. The summed E-state index contributed by atoms with van der Waals surface area (Å²) in [6.07, 6.45) is 5.95.